The molecule has 2 rings (SSSR count). The maximum atomic E-state index is 6.04. The van der Waals surface area contributed by atoms with Crippen LogP contribution in [0.25, 0.3) is 0 Å². The molecule has 100 valence electrons. The molecule has 0 saturated heterocycles. The van der Waals surface area contributed by atoms with Gasteiger partial charge >= 0.3 is 0 Å². The average molecular weight is 238 g/mol. The van der Waals surface area contributed by atoms with Crippen molar-refractivity contribution in [1.82, 2.24) is 4.90 Å². The number of nitrogens with zero attached hydrogens (tertiary/aromatic N) is 1. The molecule has 2 heteroatoms. The van der Waals surface area contributed by atoms with Crippen LogP contribution in [0.3, 0.4) is 0 Å². The molecule has 17 heavy (non-hydrogen) atoms. The Labute approximate surface area is 107 Å². The van der Waals surface area contributed by atoms with Gasteiger partial charge in [0.05, 0.1) is 0 Å². The number of rotatable bonds is 4. The molecule has 0 amide bonds. The molecule has 2 saturated carbocycles. The van der Waals surface area contributed by atoms with Gasteiger partial charge in [-0.1, -0.05) is 19.8 Å². The van der Waals surface area contributed by atoms with Gasteiger partial charge in [0.1, 0.15) is 0 Å². The molecule has 2 aliphatic carbocycles. The van der Waals surface area contributed by atoms with Gasteiger partial charge in [-0.3, -0.25) is 0 Å². The summed E-state index contributed by atoms with van der Waals surface area (Å²) < 4.78 is 0. The Kier molecular flexibility index (Phi) is 4.48. The van der Waals surface area contributed by atoms with Gasteiger partial charge in [0.15, 0.2) is 0 Å². The summed E-state index contributed by atoms with van der Waals surface area (Å²) in [6.07, 6.45) is 11.2. The van der Waals surface area contributed by atoms with Crippen molar-refractivity contribution < 1.29 is 0 Å². The van der Waals surface area contributed by atoms with E-state index >= 15 is 0 Å². The Morgan fingerprint density at radius 1 is 1.12 bits per heavy atom. The number of hydrogen-bond donors (Lipinski definition) is 1. The monoisotopic (exact) mass is 238 g/mol. The van der Waals surface area contributed by atoms with E-state index < -0.39 is 0 Å². The van der Waals surface area contributed by atoms with Crippen LogP contribution in [0.4, 0.5) is 0 Å². The van der Waals surface area contributed by atoms with Crippen LogP contribution in [0.15, 0.2) is 0 Å². The number of nitrogens with two attached hydrogens (primary N) is 1. The summed E-state index contributed by atoms with van der Waals surface area (Å²) in [7, 11) is 2.33. The van der Waals surface area contributed by atoms with Gasteiger partial charge in [0.2, 0.25) is 0 Å². The minimum absolute atomic E-state index is 0.456. The fraction of sp³-hybridized carbons (Fsp3) is 1.00. The molecule has 0 bridgehead atoms. The molecule has 0 aromatic heterocycles. The van der Waals surface area contributed by atoms with E-state index in [0.717, 1.165) is 18.5 Å². The summed E-state index contributed by atoms with van der Waals surface area (Å²) in [4.78, 5) is 2.63. The fourth-order valence-corrected chi connectivity index (χ4v) is 3.89. The molecule has 0 aliphatic heterocycles. The molecule has 2 fully saturated rings. The van der Waals surface area contributed by atoms with E-state index in [1.165, 1.54) is 57.9 Å². The van der Waals surface area contributed by atoms with Crippen LogP contribution < -0.4 is 5.73 Å². The molecule has 0 radical (unpaired) electrons. The van der Waals surface area contributed by atoms with Crippen molar-refractivity contribution in [2.24, 2.45) is 17.1 Å². The lowest BCUT2D eigenvalue weighted by Crippen LogP contribution is -2.44. The van der Waals surface area contributed by atoms with E-state index in [1.54, 1.807) is 0 Å². The highest BCUT2D eigenvalue weighted by molar-refractivity contribution is 4.90. The lowest BCUT2D eigenvalue weighted by Gasteiger charge is -2.39. The molecule has 2 N–H and O–H groups in total. The minimum atomic E-state index is 0.456. The quantitative estimate of drug-likeness (QED) is 0.816. The van der Waals surface area contributed by atoms with E-state index in [4.69, 9.17) is 5.73 Å². The second-order valence-electron chi connectivity index (χ2n) is 6.74. The summed E-state index contributed by atoms with van der Waals surface area (Å²) in [6.45, 7) is 4.53. The molecular formula is C15H30N2. The van der Waals surface area contributed by atoms with Crippen LogP contribution in [0, 0.1) is 11.3 Å². The van der Waals surface area contributed by atoms with Gasteiger partial charge < -0.3 is 10.6 Å². The second kappa shape index (κ2) is 5.71. The topological polar surface area (TPSA) is 29.3 Å². The summed E-state index contributed by atoms with van der Waals surface area (Å²) in [6, 6.07) is 0.829. The first-order valence-electron chi connectivity index (χ1n) is 7.55. The first-order chi connectivity index (χ1) is 8.15. The standard InChI is InChI=1S/C15H30N2/c1-13-5-7-14(8-6-13)17(2)12-15(11-16)9-3-4-10-15/h13-14H,3-12,16H2,1-2H3. The summed E-state index contributed by atoms with van der Waals surface area (Å²) >= 11 is 0. The molecule has 2 aliphatic rings. The van der Waals surface area contributed by atoms with Gasteiger partial charge in [-0.15, -0.1) is 0 Å². The molecule has 0 atom stereocenters. The van der Waals surface area contributed by atoms with Crippen molar-refractivity contribution in [3.8, 4) is 0 Å². The van der Waals surface area contributed by atoms with Gasteiger partial charge in [0, 0.05) is 12.6 Å². The Morgan fingerprint density at radius 2 is 1.71 bits per heavy atom. The lowest BCUT2D eigenvalue weighted by molar-refractivity contribution is 0.109. The molecular weight excluding hydrogens is 208 g/mol. The van der Waals surface area contributed by atoms with E-state index in [-0.39, 0.29) is 0 Å². The van der Waals surface area contributed by atoms with Gasteiger partial charge in [-0.25, -0.2) is 0 Å². The maximum Gasteiger partial charge on any atom is 0.00926 e. The van der Waals surface area contributed by atoms with E-state index in [2.05, 4.69) is 18.9 Å². The minimum Gasteiger partial charge on any atom is -0.330 e. The van der Waals surface area contributed by atoms with Crippen LogP contribution in [-0.2, 0) is 0 Å². The second-order valence-corrected chi connectivity index (χ2v) is 6.74. The van der Waals surface area contributed by atoms with Crippen LogP contribution in [-0.4, -0.2) is 31.1 Å². The van der Waals surface area contributed by atoms with Crippen LogP contribution >= 0.6 is 0 Å². The van der Waals surface area contributed by atoms with E-state index in [9.17, 15) is 0 Å². The summed E-state index contributed by atoms with van der Waals surface area (Å²) in [5, 5.41) is 0. The summed E-state index contributed by atoms with van der Waals surface area (Å²) in [5.74, 6) is 0.953. The first-order valence-corrected chi connectivity index (χ1v) is 7.55. The zero-order valence-corrected chi connectivity index (χ0v) is 11.8. The van der Waals surface area contributed by atoms with Crippen LogP contribution in [0.1, 0.15) is 58.3 Å². The van der Waals surface area contributed by atoms with Crippen LogP contribution in [0.5, 0.6) is 0 Å². The normalized spacial score (nSPS) is 33.2. The predicted molar refractivity (Wildman–Crippen MR) is 74.0 cm³/mol. The fourth-order valence-electron chi connectivity index (χ4n) is 3.89. The first kappa shape index (κ1) is 13.4. The lowest BCUT2D eigenvalue weighted by atomic mass is 9.83. The Balaban J connectivity index is 1.85. The molecule has 0 spiro atoms. The zero-order chi connectivity index (χ0) is 12.3. The van der Waals surface area contributed by atoms with Gasteiger partial charge in [-0.05, 0) is 63.5 Å². The SMILES string of the molecule is CC1CCC(N(C)CC2(CN)CCCC2)CC1. The number of hydrogen-bond acceptors (Lipinski definition) is 2. The third-order valence-corrected chi connectivity index (χ3v) is 5.29. The highest BCUT2D eigenvalue weighted by atomic mass is 15.1. The summed E-state index contributed by atoms with van der Waals surface area (Å²) in [5.41, 5.74) is 6.50. The highest BCUT2D eigenvalue weighted by Crippen LogP contribution is 2.39. The van der Waals surface area contributed by atoms with Gasteiger partial charge in [-0.2, -0.15) is 0 Å². The van der Waals surface area contributed by atoms with Crippen molar-refractivity contribution in [3.05, 3.63) is 0 Å². The van der Waals surface area contributed by atoms with Crippen LogP contribution in [0.2, 0.25) is 0 Å². The average Bonchev–Trinajstić information content (AvgIpc) is 2.79. The maximum absolute atomic E-state index is 6.04. The van der Waals surface area contributed by atoms with Crippen molar-refractivity contribution in [1.29, 1.82) is 0 Å². The highest BCUT2D eigenvalue weighted by Gasteiger charge is 2.35. The smallest absolute Gasteiger partial charge is 0.00926 e. The van der Waals surface area contributed by atoms with Gasteiger partial charge in [0.25, 0.3) is 0 Å². The van der Waals surface area contributed by atoms with Crippen molar-refractivity contribution in [2.45, 2.75) is 64.3 Å². The molecule has 0 aromatic carbocycles. The van der Waals surface area contributed by atoms with E-state index in [0.29, 0.717) is 5.41 Å². The molecule has 0 heterocycles. The largest absolute Gasteiger partial charge is 0.330 e. The molecule has 2 nitrogen and oxygen atoms in total. The van der Waals surface area contributed by atoms with E-state index in [1.807, 2.05) is 0 Å². The van der Waals surface area contributed by atoms with Crippen molar-refractivity contribution >= 4 is 0 Å². The predicted octanol–water partition coefficient (Wildman–Crippen LogP) is 3.02. The Bertz CT molecular complexity index is 225. The Hall–Kier alpha value is -0.0800. The molecule has 0 aromatic rings. The Morgan fingerprint density at radius 3 is 2.24 bits per heavy atom. The zero-order valence-electron chi connectivity index (χ0n) is 11.8. The molecule has 0 unspecified atom stereocenters. The third kappa shape index (κ3) is 3.23. The third-order valence-electron chi connectivity index (χ3n) is 5.29. The van der Waals surface area contributed by atoms with Crippen molar-refractivity contribution in [2.75, 3.05) is 20.1 Å². The van der Waals surface area contributed by atoms with Crippen molar-refractivity contribution in [3.63, 3.8) is 0 Å².